The molecule has 2 N–H and O–H groups in total. The number of benzene rings is 1. The van der Waals surface area contributed by atoms with E-state index in [4.69, 9.17) is 4.74 Å². The number of carbonyl (C=O) groups is 1. The number of hydrogen-bond acceptors (Lipinski definition) is 3. The second kappa shape index (κ2) is 10.4. The Kier molecular flexibility index (Phi) is 8.47. The lowest BCUT2D eigenvalue weighted by Crippen LogP contribution is -2.24. The van der Waals surface area contributed by atoms with Gasteiger partial charge in [-0.05, 0) is 37.6 Å². The van der Waals surface area contributed by atoms with Crippen LogP contribution in [0.1, 0.15) is 26.3 Å². The van der Waals surface area contributed by atoms with E-state index >= 15 is 0 Å². The topological polar surface area (TPSA) is 50.4 Å². The van der Waals surface area contributed by atoms with Crippen molar-refractivity contribution in [3.05, 3.63) is 71.5 Å². The van der Waals surface area contributed by atoms with Crippen LogP contribution in [0.3, 0.4) is 0 Å². The van der Waals surface area contributed by atoms with Gasteiger partial charge in [0.15, 0.2) is 0 Å². The minimum Gasteiger partial charge on any atom is -0.444 e. The molecule has 4 heteroatoms. The predicted octanol–water partition coefficient (Wildman–Crippen LogP) is 3.93. The minimum atomic E-state index is -0.470. The van der Waals surface area contributed by atoms with Crippen LogP contribution in [0.2, 0.25) is 0 Å². The standard InChI is InChI=1S/C19H26N2O2/c1-5-18(12-17(15(3)4)13-20-6-2)21-19(22)23-14-16-10-8-7-9-11-16/h5,7-12,20H,3,6,13-14H2,1-2,4H3,(H,21,22)/b17-12-,18-5+. The third-order valence-electron chi connectivity index (χ3n) is 3.21. The first kappa shape index (κ1) is 18.7. The average molecular weight is 314 g/mol. The number of allylic oxidation sites excluding steroid dienone is 2. The first-order valence-electron chi connectivity index (χ1n) is 7.78. The molecule has 4 nitrogen and oxygen atoms in total. The van der Waals surface area contributed by atoms with Gasteiger partial charge in [-0.15, -0.1) is 0 Å². The highest BCUT2D eigenvalue weighted by Gasteiger charge is 2.06. The molecule has 0 spiro atoms. The third-order valence-corrected chi connectivity index (χ3v) is 3.21. The molecule has 0 radical (unpaired) electrons. The molecule has 0 bridgehead atoms. The third kappa shape index (κ3) is 7.47. The van der Waals surface area contributed by atoms with Crippen molar-refractivity contribution < 1.29 is 9.53 Å². The van der Waals surface area contributed by atoms with E-state index in [2.05, 4.69) is 17.2 Å². The van der Waals surface area contributed by atoms with Crippen LogP contribution in [0.4, 0.5) is 4.79 Å². The first-order chi connectivity index (χ1) is 11.1. The Bertz CT molecular complexity index is 574. The zero-order chi connectivity index (χ0) is 17.1. The molecule has 0 aliphatic heterocycles. The summed E-state index contributed by atoms with van der Waals surface area (Å²) >= 11 is 0. The van der Waals surface area contributed by atoms with Crippen LogP contribution in [-0.4, -0.2) is 19.2 Å². The zero-order valence-electron chi connectivity index (χ0n) is 14.2. The Morgan fingerprint density at radius 1 is 1.30 bits per heavy atom. The Labute approximate surface area is 138 Å². The quantitative estimate of drug-likeness (QED) is 0.715. The number of rotatable bonds is 8. The van der Waals surface area contributed by atoms with Crippen molar-refractivity contribution in [3.63, 3.8) is 0 Å². The largest absolute Gasteiger partial charge is 0.444 e. The smallest absolute Gasteiger partial charge is 0.411 e. The number of likely N-dealkylation sites (N-methyl/N-ethyl adjacent to an activating group) is 1. The van der Waals surface area contributed by atoms with E-state index in [-0.39, 0.29) is 6.61 Å². The normalized spacial score (nSPS) is 12.0. The van der Waals surface area contributed by atoms with Crippen LogP contribution < -0.4 is 10.6 Å². The van der Waals surface area contributed by atoms with Gasteiger partial charge in [0.25, 0.3) is 0 Å². The summed E-state index contributed by atoms with van der Waals surface area (Å²) in [6.45, 7) is 11.7. The predicted molar refractivity (Wildman–Crippen MR) is 95.0 cm³/mol. The van der Waals surface area contributed by atoms with Gasteiger partial charge in [-0.2, -0.15) is 0 Å². The first-order valence-corrected chi connectivity index (χ1v) is 7.78. The van der Waals surface area contributed by atoms with E-state index in [1.807, 2.05) is 63.3 Å². The highest BCUT2D eigenvalue weighted by Crippen LogP contribution is 2.09. The summed E-state index contributed by atoms with van der Waals surface area (Å²) in [6, 6.07) is 9.58. The molecule has 0 saturated carbocycles. The molecule has 0 fully saturated rings. The van der Waals surface area contributed by atoms with Crippen LogP contribution in [-0.2, 0) is 11.3 Å². The number of alkyl carbamates (subject to hydrolysis) is 1. The number of amides is 1. The number of ether oxygens (including phenoxy) is 1. The number of nitrogens with one attached hydrogen (secondary N) is 2. The van der Waals surface area contributed by atoms with Crippen molar-refractivity contribution in [2.24, 2.45) is 0 Å². The molecular weight excluding hydrogens is 288 g/mol. The van der Waals surface area contributed by atoms with E-state index in [0.717, 1.165) is 23.3 Å². The highest BCUT2D eigenvalue weighted by molar-refractivity contribution is 5.70. The van der Waals surface area contributed by atoms with Crippen molar-refractivity contribution in [2.45, 2.75) is 27.4 Å². The Morgan fingerprint density at radius 2 is 2.00 bits per heavy atom. The van der Waals surface area contributed by atoms with Gasteiger partial charge in [0.1, 0.15) is 6.61 Å². The molecule has 0 heterocycles. The van der Waals surface area contributed by atoms with E-state index in [1.54, 1.807) is 0 Å². The van der Waals surface area contributed by atoms with Gasteiger partial charge in [0, 0.05) is 12.2 Å². The van der Waals surface area contributed by atoms with Crippen LogP contribution in [0.25, 0.3) is 0 Å². The van der Waals surface area contributed by atoms with Crippen molar-refractivity contribution in [1.82, 2.24) is 10.6 Å². The molecule has 1 aromatic carbocycles. The highest BCUT2D eigenvalue weighted by atomic mass is 16.5. The fourth-order valence-electron chi connectivity index (χ4n) is 1.84. The molecule has 1 aromatic rings. The molecule has 124 valence electrons. The van der Waals surface area contributed by atoms with Crippen LogP contribution in [0, 0.1) is 0 Å². The van der Waals surface area contributed by atoms with Crippen molar-refractivity contribution in [1.29, 1.82) is 0 Å². The Balaban J connectivity index is 2.60. The minimum absolute atomic E-state index is 0.248. The van der Waals surface area contributed by atoms with Crippen LogP contribution in [0.15, 0.2) is 65.9 Å². The summed E-state index contributed by atoms with van der Waals surface area (Å²) < 4.78 is 5.23. The SMILES string of the molecule is C=C(C)/C(=C\C(=C/C)NC(=O)OCc1ccccc1)CNCC. The van der Waals surface area contributed by atoms with E-state index < -0.39 is 6.09 Å². The Hall–Kier alpha value is -2.33. The lowest BCUT2D eigenvalue weighted by atomic mass is 10.1. The maximum Gasteiger partial charge on any atom is 0.411 e. The van der Waals surface area contributed by atoms with Crippen LogP contribution in [0.5, 0.6) is 0 Å². The maximum atomic E-state index is 11.9. The maximum absolute atomic E-state index is 11.9. The van der Waals surface area contributed by atoms with Crippen molar-refractivity contribution in [3.8, 4) is 0 Å². The van der Waals surface area contributed by atoms with Crippen molar-refractivity contribution in [2.75, 3.05) is 13.1 Å². The number of carbonyl (C=O) groups excluding carboxylic acids is 1. The van der Waals surface area contributed by atoms with Crippen molar-refractivity contribution >= 4 is 6.09 Å². The summed E-state index contributed by atoms with van der Waals surface area (Å²) in [4.78, 5) is 11.9. The molecular formula is C19H26N2O2. The summed E-state index contributed by atoms with van der Waals surface area (Å²) in [6.07, 6.45) is 3.27. The van der Waals surface area contributed by atoms with E-state index in [1.165, 1.54) is 0 Å². The van der Waals surface area contributed by atoms with E-state index in [9.17, 15) is 4.79 Å². The second-order valence-electron chi connectivity index (χ2n) is 5.16. The van der Waals surface area contributed by atoms with Gasteiger partial charge in [-0.25, -0.2) is 4.79 Å². The van der Waals surface area contributed by atoms with Crippen LogP contribution >= 0.6 is 0 Å². The summed E-state index contributed by atoms with van der Waals surface area (Å²) in [5.41, 5.74) is 3.65. The molecule has 1 rings (SSSR count). The molecule has 0 saturated heterocycles. The molecule has 0 aliphatic carbocycles. The van der Waals surface area contributed by atoms with Gasteiger partial charge in [-0.1, -0.05) is 55.5 Å². The summed E-state index contributed by atoms with van der Waals surface area (Å²) in [7, 11) is 0. The van der Waals surface area contributed by atoms with Gasteiger partial charge < -0.3 is 10.1 Å². The summed E-state index contributed by atoms with van der Waals surface area (Å²) in [5, 5.41) is 6.01. The molecule has 23 heavy (non-hydrogen) atoms. The molecule has 1 amide bonds. The Morgan fingerprint density at radius 3 is 2.57 bits per heavy atom. The fraction of sp³-hybridized carbons (Fsp3) is 0.316. The molecule has 0 aliphatic rings. The monoisotopic (exact) mass is 314 g/mol. The van der Waals surface area contributed by atoms with Gasteiger partial charge in [0.05, 0.1) is 0 Å². The number of hydrogen-bond donors (Lipinski definition) is 2. The molecule has 0 unspecified atom stereocenters. The molecule has 0 aromatic heterocycles. The lowest BCUT2D eigenvalue weighted by molar-refractivity contribution is 0.143. The molecule has 0 atom stereocenters. The average Bonchev–Trinajstić information content (AvgIpc) is 2.56. The summed E-state index contributed by atoms with van der Waals surface area (Å²) in [5.74, 6) is 0. The van der Waals surface area contributed by atoms with Gasteiger partial charge in [-0.3, -0.25) is 5.32 Å². The van der Waals surface area contributed by atoms with Gasteiger partial charge >= 0.3 is 6.09 Å². The lowest BCUT2D eigenvalue weighted by Gasteiger charge is -2.11. The van der Waals surface area contributed by atoms with Gasteiger partial charge in [0.2, 0.25) is 0 Å². The second-order valence-corrected chi connectivity index (χ2v) is 5.16. The zero-order valence-corrected chi connectivity index (χ0v) is 14.2. The fourth-order valence-corrected chi connectivity index (χ4v) is 1.84. The van der Waals surface area contributed by atoms with E-state index in [0.29, 0.717) is 12.2 Å².